The number of hydrogen-bond acceptors (Lipinski definition) is 4. The van der Waals surface area contributed by atoms with Gasteiger partial charge in [-0.1, -0.05) is 0 Å². The zero-order valence-electron chi connectivity index (χ0n) is 8.15. The van der Waals surface area contributed by atoms with Crippen molar-refractivity contribution in [2.24, 2.45) is 0 Å². The summed E-state index contributed by atoms with van der Waals surface area (Å²) in [5, 5.41) is 17.5. The summed E-state index contributed by atoms with van der Waals surface area (Å²) in [6.45, 7) is 0. The van der Waals surface area contributed by atoms with Gasteiger partial charge in [0.2, 0.25) is 0 Å². The highest BCUT2D eigenvalue weighted by Gasteiger charge is 2.15. The number of nitrogens with zero attached hydrogens (tertiary/aromatic N) is 1. The van der Waals surface area contributed by atoms with Crippen molar-refractivity contribution in [1.82, 2.24) is 0 Å². The summed E-state index contributed by atoms with van der Waals surface area (Å²) in [5.41, 5.74) is 6.51. The normalized spacial score (nSPS) is 9.33. The Morgan fingerprint density at radius 3 is 2.80 bits per heavy atom. The van der Waals surface area contributed by atoms with Gasteiger partial charge in [0.15, 0.2) is 0 Å². The number of nitrogen functional groups attached to an aromatic ring is 1. The van der Waals surface area contributed by atoms with E-state index in [1.54, 1.807) is 0 Å². The van der Waals surface area contributed by atoms with Gasteiger partial charge in [-0.2, -0.15) is 5.26 Å². The van der Waals surface area contributed by atoms with Crippen molar-refractivity contribution in [3.05, 3.63) is 23.3 Å². The Morgan fingerprint density at radius 2 is 2.33 bits per heavy atom. The molecule has 3 N–H and O–H groups in total. The van der Waals surface area contributed by atoms with Crippen molar-refractivity contribution in [3.63, 3.8) is 0 Å². The third-order valence-corrected chi connectivity index (χ3v) is 1.94. The van der Waals surface area contributed by atoms with Crippen molar-refractivity contribution in [2.75, 3.05) is 12.8 Å². The highest BCUT2D eigenvalue weighted by Crippen LogP contribution is 2.29. The van der Waals surface area contributed by atoms with Gasteiger partial charge in [-0.05, 0) is 12.1 Å². The fourth-order valence-electron chi connectivity index (χ4n) is 1.32. The summed E-state index contributed by atoms with van der Waals surface area (Å²) in [5.74, 6) is -0.771. The predicted molar refractivity (Wildman–Crippen MR) is 53.5 cm³/mol. The lowest BCUT2D eigenvalue weighted by atomic mass is 10.0. The van der Waals surface area contributed by atoms with Crippen LogP contribution in [0.3, 0.4) is 0 Å². The molecule has 0 unspecified atom stereocenters. The highest BCUT2D eigenvalue weighted by molar-refractivity contribution is 5.75. The lowest BCUT2D eigenvalue weighted by molar-refractivity contribution is -0.136. The van der Waals surface area contributed by atoms with Crippen LogP contribution in [0.15, 0.2) is 12.1 Å². The van der Waals surface area contributed by atoms with Crippen LogP contribution in [-0.4, -0.2) is 18.2 Å². The number of methoxy groups -OCH3 is 1. The predicted octanol–water partition coefficient (Wildman–Crippen LogP) is 0.776. The third-order valence-electron chi connectivity index (χ3n) is 1.94. The number of rotatable bonds is 3. The minimum Gasteiger partial charge on any atom is -0.494 e. The molecule has 0 amide bonds. The first-order chi connectivity index (χ1) is 7.10. The van der Waals surface area contributed by atoms with Crippen LogP contribution in [0.5, 0.6) is 5.75 Å². The lowest BCUT2D eigenvalue weighted by Gasteiger charge is -2.10. The molecule has 5 heteroatoms. The van der Waals surface area contributed by atoms with E-state index < -0.39 is 5.97 Å². The van der Waals surface area contributed by atoms with Crippen LogP contribution < -0.4 is 10.5 Å². The Balaban J connectivity index is 3.35. The van der Waals surface area contributed by atoms with Crippen LogP contribution in [0, 0.1) is 11.3 Å². The number of carboxylic acids is 1. The minimum absolute atomic E-state index is 0.261. The Kier molecular flexibility index (Phi) is 3.13. The van der Waals surface area contributed by atoms with Gasteiger partial charge < -0.3 is 15.6 Å². The van der Waals surface area contributed by atoms with Crippen LogP contribution in [0.4, 0.5) is 5.69 Å². The molecule has 0 heterocycles. The second-order valence-electron chi connectivity index (χ2n) is 2.90. The number of carboxylic acid groups (broad SMARTS) is 1. The molecule has 0 bridgehead atoms. The molecule has 78 valence electrons. The van der Waals surface area contributed by atoms with Gasteiger partial charge in [-0.25, -0.2) is 0 Å². The van der Waals surface area contributed by atoms with Crippen LogP contribution >= 0.6 is 0 Å². The van der Waals surface area contributed by atoms with Gasteiger partial charge in [0.1, 0.15) is 5.75 Å². The Morgan fingerprint density at radius 1 is 1.67 bits per heavy atom. The number of ether oxygens (including phenoxy) is 1. The number of nitrogens with two attached hydrogens (primary N) is 1. The van der Waals surface area contributed by atoms with Gasteiger partial charge in [0.05, 0.1) is 30.9 Å². The number of aliphatic carboxylic acids is 1. The first kappa shape index (κ1) is 10.9. The maximum atomic E-state index is 10.6. The number of carbonyl (C=O) groups is 1. The first-order valence-electron chi connectivity index (χ1n) is 4.17. The van der Waals surface area contributed by atoms with Crippen molar-refractivity contribution in [1.29, 1.82) is 5.26 Å². The molecule has 0 aromatic heterocycles. The van der Waals surface area contributed by atoms with E-state index in [0.717, 1.165) is 0 Å². The molecule has 0 aliphatic rings. The van der Waals surface area contributed by atoms with E-state index in [1.807, 2.05) is 6.07 Å². The molecule has 1 aromatic carbocycles. The molecule has 5 nitrogen and oxygen atoms in total. The average molecular weight is 206 g/mol. The standard InChI is InChI=1S/C10H10N2O3/c1-15-10-7(4-9(13)14)6(5-11)2-3-8(10)12/h2-3H,4,12H2,1H3,(H,13,14). The van der Waals surface area contributed by atoms with Gasteiger partial charge in [-0.3, -0.25) is 4.79 Å². The molecule has 0 atom stereocenters. The summed E-state index contributed by atoms with van der Waals surface area (Å²) in [7, 11) is 1.39. The van der Waals surface area contributed by atoms with E-state index in [9.17, 15) is 4.79 Å². The number of benzene rings is 1. The van der Waals surface area contributed by atoms with Crippen LogP contribution in [-0.2, 0) is 11.2 Å². The van der Waals surface area contributed by atoms with Crippen molar-refractivity contribution in [2.45, 2.75) is 6.42 Å². The van der Waals surface area contributed by atoms with Crippen molar-refractivity contribution < 1.29 is 14.6 Å². The summed E-state index contributed by atoms with van der Waals surface area (Å²) in [6.07, 6.45) is -0.281. The Bertz CT molecular complexity index is 435. The second-order valence-corrected chi connectivity index (χ2v) is 2.90. The molecular formula is C10H10N2O3. The summed E-state index contributed by atoms with van der Waals surface area (Å²) >= 11 is 0. The number of hydrogen-bond donors (Lipinski definition) is 2. The van der Waals surface area contributed by atoms with E-state index in [1.165, 1.54) is 19.2 Å². The molecule has 1 rings (SSSR count). The van der Waals surface area contributed by atoms with Crippen molar-refractivity contribution >= 4 is 11.7 Å². The minimum atomic E-state index is -1.03. The van der Waals surface area contributed by atoms with E-state index in [2.05, 4.69) is 0 Å². The zero-order valence-corrected chi connectivity index (χ0v) is 8.15. The van der Waals surface area contributed by atoms with Crippen LogP contribution in [0.2, 0.25) is 0 Å². The molecule has 15 heavy (non-hydrogen) atoms. The van der Waals surface area contributed by atoms with Gasteiger partial charge in [-0.15, -0.1) is 0 Å². The fourth-order valence-corrected chi connectivity index (χ4v) is 1.32. The van der Waals surface area contributed by atoms with Gasteiger partial charge in [0.25, 0.3) is 0 Å². The summed E-state index contributed by atoms with van der Waals surface area (Å²) < 4.78 is 4.98. The molecule has 0 spiro atoms. The fraction of sp³-hybridized carbons (Fsp3) is 0.200. The molecule has 1 aromatic rings. The first-order valence-corrected chi connectivity index (χ1v) is 4.17. The zero-order chi connectivity index (χ0) is 11.4. The van der Waals surface area contributed by atoms with Gasteiger partial charge >= 0.3 is 5.97 Å². The molecular weight excluding hydrogens is 196 g/mol. The number of anilines is 1. The smallest absolute Gasteiger partial charge is 0.308 e. The SMILES string of the molecule is COc1c(N)ccc(C#N)c1CC(=O)O. The molecule has 0 saturated heterocycles. The van der Waals surface area contributed by atoms with E-state index in [4.69, 9.17) is 20.8 Å². The van der Waals surface area contributed by atoms with Crippen LogP contribution in [0.1, 0.15) is 11.1 Å². The maximum Gasteiger partial charge on any atom is 0.308 e. The van der Waals surface area contributed by atoms with E-state index in [0.29, 0.717) is 11.3 Å². The molecule has 0 radical (unpaired) electrons. The summed E-state index contributed by atoms with van der Waals surface area (Å²) in [4.78, 5) is 10.6. The third kappa shape index (κ3) is 2.17. The molecule has 0 saturated carbocycles. The van der Waals surface area contributed by atoms with Crippen LogP contribution in [0.25, 0.3) is 0 Å². The van der Waals surface area contributed by atoms with Crippen molar-refractivity contribution in [3.8, 4) is 11.8 Å². The highest BCUT2D eigenvalue weighted by atomic mass is 16.5. The molecule has 0 aliphatic heterocycles. The molecule has 0 aliphatic carbocycles. The maximum absolute atomic E-state index is 10.6. The summed E-state index contributed by atoms with van der Waals surface area (Å²) in [6, 6.07) is 4.90. The van der Waals surface area contributed by atoms with E-state index >= 15 is 0 Å². The Hall–Kier alpha value is -2.22. The molecule has 0 fully saturated rings. The van der Waals surface area contributed by atoms with Gasteiger partial charge in [0, 0.05) is 5.56 Å². The van der Waals surface area contributed by atoms with E-state index in [-0.39, 0.29) is 17.7 Å². The number of nitriles is 1. The topological polar surface area (TPSA) is 96.3 Å². The Labute approximate surface area is 86.7 Å². The second kappa shape index (κ2) is 4.33. The quantitative estimate of drug-likeness (QED) is 0.712. The monoisotopic (exact) mass is 206 g/mol. The largest absolute Gasteiger partial charge is 0.494 e. The lowest BCUT2D eigenvalue weighted by Crippen LogP contribution is -2.06. The average Bonchev–Trinajstić information content (AvgIpc) is 2.18.